The second-order valence-corrected chi connectivity index (χ2v) is 6.15. The lowest BCUT2D eigenvalue weighted by Gasteiger charge is -2.25. The minimum atomic E-state index is -1.64. The molecule has 0 amide bonds. The van der Waals surface area contributed by atoms with Gasteiger partial charge in [0.1, 0.15) is 0 Å². The SMILES string of the molecule is O=C(O)C(CCCCCCCl)(CCCCCCCl)C(=O)O. The van der Waals surface area contributed by atoms with Crippen molar-refractivity contribution in [2.45, 2.75) is 64.2 Å². The van der Waals surface area contributed by atoms with Gasteiger partial charge in [0, 0.05) is 11.8 Å². The summed E-state index contributed by atoms with van der Waals surface area (Å²) in [7, 11) is 0. The molecule has 0 heterocycles. The number of hydrogen-bond donors (Lipinski definition) is 2. The Morgan fingerprint density at radius 3 is 1.29 bits per heavy atom. The first-order chi connectivity index (χ1) is 10.0. The van der Waals surface area contributed by atoms with Crippen molar-refractivity contribution < 1.29 is 19.8 Å². The molecule has 0 rings (SSSR count). The van der Waals surface area contributed by atoms with E-state index in [1.807, 2.05) is 0 Å². The second kappa shape index (κ2) is 12.1. The minimum Gasteiger partial charge on any atom is -0.480 e. The number of carboxylic acids is 2. The molecule has 4 nitrogen and oxygen atoms in total. The summed E-state index contributed by atoms with van der Waals surface area (Å²) in [5, 5.41) is 18.8. The summed E-state index contributed by atoms with van der Waals surface area (Å²) >= 11 is 11.2. The van der Waals surface area contributed by atoms with E-state index in [1.165, 1.54) is 0 Å². The average molecular weight is 341 g/mol. The predicted molar refractivity (Wildman–Crippen MR) is 85.3 cm³/mol. The molecule has 0 aliphatic heterocycles. The van der Waals surface area contributed by atoms with Gasteiger partial charge in [0.15, 0.2) is 5.41 Å². The maximum atomic E-state index is 11.5. The Bertz CT molecular complexity index is 278. The smallest absolute Gasteiger partial charge is 0.321 e. The Labute approximate surface area is 136 Å². The number of rotatable bonds is 14. The molecule has 0 aromatic heterocycles. The largest absolute Gasteiger partial charge is 0.480 e. The maximum Gasteiger partial charge on any atom is 0.321 e. The molecule has 0 aromatic rings. The lowest BCUT2D eigenvalue weighted by molar-refractivity contribution is -0.166. The Morgan fingerprint density at radius 2 is 1.00 bits per heavy atom. The van der Waals surface area contributed by atoms with Gasteiger partial charge in [-0.05, 0) is 25.7 Å². The van der Waals surface area contributed by atoms with Gasteiger partial charge in [0.25, 0.3) is 0 Å². The van der Waals surface area contributed by atoms with Gasteiger partial charge in [-0.1, -0.05) is 38.5 Å². The van der Waals surface area contributed by atoms with E-state index in [-0.39, 0.29) is 12.8 Å². The van der Waals surface area contributed by atoms with Crippen molar-refractivity contribution in [1.29, 1.82) is 0 Å². The van der Waals surface area contributed by atoms with Crippen LogP contribution in [0.1, 0.15) is 64.2 Å². The Morgan fingerprint density at radius 1 is 0.667 bits per heavy atom. The van der Waals surface area contributed by atoms with E-state index in [0.29, 0.717) is 24.6 Å². The summed E-state index contributed by atoms with van der Waals surface area (Å²) in [5.41, 5.74) is -1.64. The average Bonchev–Trinajstić information content (AvgIpc) is 2.44. The lowest BCUT2D eigenvalue weighted by Crippen LogP contribution is -2.39. The van der Waals surface area contributed by atoms with E-state index in [2.05, 4.69) is 0 Å². The molecule has 0 unspecified atom stereocenters. The van der Waals surface area contributed by atoms with Gasteiger partial charge in [0.2, 0.25) is 0 Å². The summed E-state index contributed by atoms with van der Waals surface area (Å²) in [6.07, 6.45) is 6.82. The number of carbonyl (C=O) groups is 2. The highest BCUT2D eigenvalue weighted by Gasteiger charge is 2.45. The first kappa shape index (κ1) is 20.5. The molecule has 0 saturated carbocycles. The third kappa shape index (κ3) is 7.91. The Hall–Kier alpha value is -0.480. The van der Waals surface area contributed by atoms with Crippen molar-refractivity contribution >= 4 is 35.1 Å². The molecule has 0 bridgehead atoms. The number of halogens is 2. The third-order valence-corrected chi connectivity index (χ3v) is 4.33. The highest BCUT2D eigenvalue weighted by atomic mass is 35.5. The molecular weight excluding hydrogens is 315 g/mol. The highest BCUT2D eigenvalue weighted by Crippen LogP contribution is 2.33. The van der Waals surface area contributed by atoms with Crippen molar-refractivity contribution in [2.24, 2.45) is 5.41 Å². The van der Waals surface area contributed by atoms with Gasteiger partial charge in [-0.25, -0.2) is 0 Å². The van der Waals surface area contributed by atoms with Crippen LogP contribution < -0.4 is 0 Å². The van der Waals surface area contributed by atoms with E-state index >= 15 is 0 Å². The molecule has 21 heavy (non-hydrogen) atoms. The van der Waals surface area contributed by atoms with Crippen LogP contribution in [0, 0.1) is 5.41 Å². The number of unbranched alkanes of at least 4 members (excludes halogenated alkanes) is 6. The van der Waals surface area contributed by atoms with Crippen LogP contribution in [-0.2, 0) is 9.59 Å². The zero-order valence-electron chi connectivity index (χ0n) is 12.5. The molecule has 0 aliphatic rings. The molecule has 0 fully saturated rings. The minimum absolute atomic E-state index is 0.190. The molecule has 2 N–H and O–H groups in total. The van der Waals surface area contributed by atoms with Gasteiger partial charge in [0.05, 0.1) is 0 Å². The molecule has 0 aromatic carbocycles. The maximum absolute atomic E-state index is 11.5. The monoisotopic (exact) mass is 340 g/mol. The van der Waals surface area contributed by atoms with Crippen molar-refractivity contribution in [1.82, 2.24) is 0 Å². The fraction of sp³-hybridized carbons (Fsp3) is 0.867. The van der Waals surface area contributed by atoms with Crippen LogP contribution >= 0.6 is 23.2 Å². The highest BCUT2D eigenvalue weighted by molar-refractivity contribution is 6.18. The standard InChI is InChI=1S/C15H26Cl2O4/c16-11-7-3-1-5-9-15(13(18)19,14(20)21)10-6-2-4-8-12-17/h1-12H2,(H,18,19)(H,20,21). The van der Waals surface area contributed by atoms with Gasteiger partial charge in [-0.15, -0.1) is 23.2 Å². The van der Waals surface area contributed by atoms with Crippen LogP contribution in [0.4, 0.5) is 0 Å². The molecule has 0 radical (unpaired) electrons. The second-order valence-electron chi connectivity index (χ2n) is 5.40. The van der Waals surface area contributed by atoms with E-state index in [9.17, 15) is 19.8 Å². The summed E-state index contributed by atoms with van der Waals surface area (Å²) in [6, 6.07) is 0. The van der Waals surface area contributed by atoms with Gasteiger partial charge >= 0.3 is 11.9 Å². The molecular formula is C15H26Cl2O4. The fourth-order valence-electron chi connectivity index (χ4n) is 2.39. The van der Waals surface area contributed by atoms with E-state index in [4.69, 9.17) is 23.2 Å². The zero-order valence-corrected chi connectivity index (χ0v) is 14.0. The molecule has 6 heteroatoms. The first-order valence-corrected chi connectivity index (χ1v) is 8.67. The van der Waals surface area contributed by atoms with Gasteiger partial charge in [-0.2, -0.15) is 0 Å². The summed E-state index contributed by atoms with van der Waals surface area (Å²) in [5.74, 6) is -1.26. The lowest BCUT2D eigenvalue weighted by atomic mass is 9.78. The molecule has 0 aliphatic carbocycles. The van der Waals surface area contributed by atoms with Crippen LogP contribution in [0.25, 0.3) is 0 Å². The third-order valence-electron chi connectivity index (χ3n) is 3.79. The summed E-state index contributed by atoms with van der Waals surface area (Å²) < 4.78 is 0. The number of hydrogen-bond acceptors (Lipinski definition) is 2. The summed E-state index contributed by atoms with van der Waals surface area (Å²) in [6.45, 7) is 0. The van der Waals surface area contributed by atoms with E-state index < -0.39 is 17.4 Å². The van der Waals surface area contributed by atoms with Gasteiger partial charge < -0.3 is 10.2 Å². The van der Waals surface area contributed by atoms with Crippen LogP contribution in [0.5, 0.6) is 0 Å². The molecule has 0 spiro atoms. The van der Waals surface area contributed by atoms with Crippen LogP contribution in [0.15, 0.2) is 0 Å². The van der Waals surface area contributed by atoms with Crippen LogP contribution in [-0.4, -0.2) is 33.9 Å². The number of alkyl halides is 2. The van der Waals surface area contributed by atoms with Crippen LogP contribution in [0.2, 0.25) is 0 Å². The van der Waals surface area contributed by atoms with Crippen molar-refractivity contribution in [3.8, 4) is 0 Å². The molecule has 124 valence electrons. The van der Waals surface area contributed by atoms with Crippen molar-refractivity contribution in [3.05, 3.63) is 0 Å². The molecule has 0 saturated heterocycles. The van der Waals surface area contributed by atoms with Crippen molar-refractivity contribution in [3.63, 3.8) is 0 Å². The van der Waals surface area contributed by atoms with Gasteiger partial charge in [-0.3, -0.25) is 9.59 Å². The van der Waals surface area contributed by atoms with E-state index in [1.54, 1.807) is 0 Å². The molecule has 0 atom stereocenters. The topological polar surface area (TPSA) is 74.6 Å². The zero-order chi connectivity index (χ0) is 16.1. The van der Waals surface area contributed by atoms with Crippen LogP contribution in [0.3, 0.4) is 0 Å². The number of carboxylic acid groups (broad SMARTS) is 2. The Kier molecular flexibility index (Phi) is 11.8. The predicted octanol–water partition coefficient (Wildman–Crippen LogP) is 4.52. The normalized spacial score (nSPS) is 11.5. The summed E-state index contributed by atoms with van der Waals surface area (Å²) in [4.78, 5) is 23.0. The fourth-order valence-corrected chi connectivity index (χ4v) is 2.77. The quantitative estimate of drug-likeness (QED) is 0.277. The van der Waals surface area contributed by atoms with E-state index in [0.717, 1.165) is 38.5 Å². The number of aliphatic carboxylic acids is 2. The first-order valence-electron chi connectivity index (χ1n) is 7.60. The van der Waals surface area contributed by atoms with Crippen molar-refractivity contribution in [2.75, 3.05) is 11.8 Å². The Balaban J connectivity index is 4.40.